The van der Waals surface area contributed by atoms with Crippen LogP contribution in [0.5, 0.6) is 0 Å². The highest BCUT2D eigenvalue weighted by atomic mass is 35.5. The van der Waals surface area contributed by atoms with Crippen LogP contribution in [0.1, 0.15) is 32.6 Å². The Balaban J connectivity index is 0.00000196. The monoisotopic (exact) mass is 236 g/mol. The zero-order chi connectivity index (χ0) is 10.6. The van der Waals surface area contributed by atoms with Gasteiger partial charge in [0.15, 0.2) is 0 Å². The molecule has 3 N–H and O–H groups in total. The van der Waals surface area contributed by atoms with Gasteiger partial charge in [-0.05, 0) is 25.7 Å². The smallest absolute Gasteiger partial charge is 0.239 e. The number of hydrogen-bond donors (Lipinski definition) is 2. The molecule has 0 aromatic carbocycles. The standard InChI is InChI=1S/C10H20N2O2.ClH/c1-3-10(5-4-6-10)12-9(13)8(11)7-14-2;/h8H,3-7,11H2,1-2H3,(H,12,13);1H. The summed E-state index contributed by atoms with van der Waals surface area (Å²) in [5.41, 5.74) is 5.66. The van der Waals surface area contributed by atoms with Crippen LogP contribution < -0.4 is 11.1 Å². The van der Waals surface area contributed by atoms with Gasteiger partial charge in [-0.2, -0.15) is 0 Å². The minimum Gasteiger partial charge on any atom is -0.383 e. The van der Waals surface area contributed by atoms with Crippen LogP contribution in [0.15, 0.2) is 0 Å². The van der Waals surface area contributed by atoms with Crippen molar-refractivity contribution in [3.63, 3.8) is 0 Å². The van der Waals surface area contributed by atoms with Crippen molar-refractivity contribution in [3.05, 3.63) is 0 Å². The first kappa shape index (κ1) is 14.7. The lowest BCUT2D eigenvalue weighted by molar-refractivity contribution is -0.126. The van der Waals surface area contributed by atoms with Gasteiger partial charge in [-0.1, -0.05) is 6.92 Å². The molecule has 90 valence electrons. The summed E-state index contributed by atoms with van der Waals surface area (Å²) in [5, 5.41) is 3.02. The maximum atomic E-state index is 11.6. The van der Waals surface area contributed by atoms with Crippen molar-refractivity contribution in [2.24, 2.45) is 5.73 Å². The van der Waals surface area contributed by atoms with E-state index >= 15 is 0 Å². The summed E-state index contributed by atoms with van der Waals surface area (Å²) >= 11 is 0. The number of amides is 1. The first-order valence-corrected chi connectivity index (χ1v) is 5.20. The molecule has 4 nitrogen and oxygen atoms in total. The van der Waals surface area contributed by atoms with E-state index in [0.29, 0.717) is 0 Å². The van der Waals surface area contributed by atoms with Crippen molar-refractivity contribution < 1.29 is 9.53 Å². The molecule has 0 spiro atoms. The third-order valence-electron chi connectivity index (χ3n) is 3.06. The minimum atomic E-state index is -0.538. The second-order valence-corrected chi connectivity index (χ2v) is 4.04. The number of nitrogens with two attached hydrogens (primary N) is 1. The van der Waals surface area contributed by atoms with E-state index in [1.165, 1.54) is 6.42 Å². The molecule has 0 aromatic rings. The molecule has 1 saturated carbocycles. The van der Waals surface area contributed by atoms with E-state index in [0.717, 1.165) is 19.3 Å². The average Bonchev–Trinajstić information content (AvgIpc) is 2.11. The van der Waals surface area contributed by atoms with Gasteiger partial charge in [0, 0.05) is 12.6 Å². The van der Waals surface area contributed by atoms with Gasteiger partial charge >= 0.3 is 0 Å². The van der Waals surface area contributed by atoms with E-state index in [1.54, 1.807) is 7.11 Å². The number of rotatable bonds is 5. The molecular formula is C10H21ClN2O2. The van der Waals surface area contributed by atoms with Crippen LogP contribution in [-0.4, -0.2) is 31.2 Å². The van der Waals surface area contributed by atoms with Gasteiger partial charge in [0.2, 0.25) is 5.91 Å². The van der Waals surface area contributed by atoms with E-state index in [2.05, 4.69) is 12.2 Å². The summed E-state index contributed by atoms with van der Waals surface area (Å²) in [6.07, 6.45) is 4.34. The van der Waals surface area contributed by atoms with Gasteiger partial charge in [0.1, 0.15) is 6.04 Å². The van der Waals surface area contributed by atoms with Crippen LogP contribution in [-0.2, 0) is 9.53 Å². The lowest BCUT2D eigenvalue weighted by atomic mass is 9.74. The van der Waals surface area contributed by atoms with E-state index in [4.69, 9.17) is 10.5 Å². The normalized spacial score (nSPS) is 19.7. The molecule has 1 atom stereocenters. The maximum Gasteiger partial charge on any atom is 0.239 e. The number of carbonyl (C=O) groups excluding carboxylic acids is 1. The number of hydrogen-bond acceptors (Lipinski definition) is 3. The summed E-state index contributed by atoms with van der Waals surface area (Å²) < 4.78 is 4.84. The van der Waals surface area contributed by atoms with E-state index < -0.39 is 6.04 Å². The van der Waals surface area contributed by atoms with E-state index in [9.17, 15) is 4.79 Å². The molecule has 0 heterocycles. The zero-order valence-corrected chi connectivity index (χ0v) is 10.2. The molecule has 0 bridgehead atoms. The summed E-state index contributed by atoms with van der Waals surface area (Å²) in [5.74, 6) is -0.0894. The molecule has 1 rings (SSSR count). The maximum absolute atomic E-state index is 11.6. The third-order valence-corrected chi connectivity index (χ3v) is 3.06. The van der Waals surface area contributed by atoms with Crippen LogP contribution in [0, 0.1) is 0 Å². The Bertz CT molecular complexity index is 202. The quantitative estimate of drug-likeness (QED) is 0.743. The Morgan fingerprint density at radius 2 is 2.20 bits per heavy atom. The van der Waals surface area contributed by atoms with E-state index in [-0.39, 0.29) is 30.5 Å². The van der Waals surface area contributed by atoms with Gasteiger partial charge in [0.05, 0.1) is 6.61 Å². The van der Waals surface area contributed by atoms with Gasteiger partial charge < -0.3 is 15.8 Å². The highest BCUT2D eigenvalue weighted by molar-refractivity contribution is 5.85. The molecule has 15 heavy (non-hydrogen) atoms. The summed E-state index contributed by atoms with van der Waals surface area (Å²) in [6.45, 7) is 2.38. The van der Waals surface area contributed by atoms with Gasteiger partial charge in [-0.25, -0.2) is 0 Å². The van der Waals surface area contributed by atoms with Gasteiger partial charge in [-0.15, -0.1) is 12.4 Å². The first-order chi connectivity index (χ1) is 6.63. The van der Waals surface area contributed by atoms with Gasteiger partial charge in [0.25, 0.3) is 0 Å². The molecule has 1 aliphatic rings. The highest BCUT2D eigenvalue weighted by Gasteiger charge is 2.37. The topological polar surface area (TPSA) is 64.4 Å². The van der Waals surface area contributed by atoms with Crippen molar-refractivity contribution in [1.82, 2.24) is 5.32 Å². The number of methoxy groups -OCH3 is 1. The molecule has 1 unspecified atom stereocenters. The molecule has 1 aliphatic carbocycles. The lowest BCUT2D eigenvalue weighted by Gasteiger charge is -2.42. The number of halogens is 1. The Kier molecular flexibility index (Phi) is 6.17. The Morgan fingerprint density at radius 1 is 1.60 bits per heavy atom. The molecule has 0 radical (unpaired) electrons. The summed E-state index contributed by atoms with van der Waals surface area (Å²) in [4.78, 5) is 11.6. The molecule has 1 fully saturated rings. The Hall–Kier alpha value is -0.320. The average molecular weight is 237 g/mol. The van der Waals surface area contributed by atoms with Crippen LogP contribution in [0.3, 0.4) is 0 Å². The number of ether oxygens (including phenoxy) is 1. The Morgan fingerprint density at radius 3 is 2.53 bits per heavy atom. The summed E-state index contributed by atoms with van der Waals surface area (Å²) in [7, 11) is 1.55. The van der Waals surface area contributed by atoms with Crippen molar-refractivity contribution in [3.8, 4) is 0 Å². The largest absolute Gasteiger partial charge is 0.383 e. The SMILES string of the molecule is CCC1(NC(=O)C(N)COC)CCC1.Cl. The summed E-state index contributed by atoms with van der Waals surface area (Å²) in [6, 6.07) is -0.538. The number of nitrogens with one attached hydrogen (secondary N) is 1. The lowest BCUT2D eigenvalue weighted by Crippen LogP contribution is -2.57. The highest BCUT2D eigenvalue weighted by Crippen LogP contribution is 2.34. The zero-order valence-electron chi connectivity index (χ0n) is 9.41. The molecule has 5 heteroatoms. The molecule has 1 amide bonds. The predicted molar refractivity (Wildman–Crippen MR) is 62.1 cm³/mol. The Labute approximate surface area is 97.3 Å². The first-order valence-electron chi connectivity index (χ1n) is 5.20. The van der Waals surface area contributed by atoms with Crippen LogP contribution in [0.25, 0.3) is 0 Å². The third kappa shape index (κ3) is 3.63. The predicted octanol–water partition coefficient (Wildman–Crippen LogP) is 0.831. The fourth-order valence-electron chi connectivity index (χ4n) is 1.78. The van der Waals surface area contributed by atoms with Gasteiger partial charge in [-0.3, -0.25) is 4.79 Å². The second-order valence-electron chi connectivity index (χ2n) is 4.04. The number of carbonyl (C=O) groups is 1. The van der Waals surface area contributed by atoms with Crippen molar-refractivity contribution in [2.75, 3.05) is 13.7 Å². The second kappa shape index (κ2) is 6.30. The van der Waals surface area contributed by atoms with Crippen LogP contribution in [0.4, 0.5) is 0 Å². The molecule has 0 saturated heterocycles. The fraction of sp³-hybridized carbons (Fsp3) is 0.900. The minimum absolute atomic E-state index is 0. The molecule has 0 aliphatic heterocycles. The molecular weight excluding hydrogens is 216 g/mol. The van der Waals surface area contributed by atoms with Crippen molar-refractivity contribution in [2.45, 2.75) is 44.2 Å². The van der Waals surface area contributed by atoms with Crippen LogP contribution in [0.2, 0.25) is 0 Å². The fourth-order valence-corrected chi connectivity index (χ4v) is 1.78. The molecule has 0 aromatic heterocycles. The van der Waals surface area contributed by atoms with Crippen molar-refractivity contribution in [1.29, 1.82) is 0 Å². The van der Waals surface area contributed by atoms with Crippen molar-refractivity contribution >= 4 is 18.3 Å². The van der Waals surface area contributed by atoms with E-state index in [1.807, 2.05) is 0 Å². The van der Waals surface area contributed by atoms with Crippen LogP contribution >= 0.6 is 12.4 Å².